The minimum Gasteiger partial charge on any atom is -0.389 e. The van der Waals surface area contributed by atoms with Gasteiger partial charge >= 0.3 is 0 Å². The van der Waals surface area contributed by atoms with Crippen LogP contribution in [0.1, 0.15) is 72.1 Å². The van der Waals surface area contributed by atoms with E-state index in [4.69, 9.17) is 0 Å². The summed E-state index contributed by atoms with van der Waals surface area (Å²) in [5, 5.41) is 23.0. The molecule has 4 aliphatic rings. The van der Waals surface area contributed by atoms with Crippen LogP contribution < -0.4 is 0 Å². The van der Waals surface area contributed by atoms with Crippen LogP contribution in [0.25, 0.3) is 0 Å². The van der Waals surface area contributed by atoms with Crippen molar-refractivity contribution < 1.29 is 10.2 Å². The quantitative estimate of drug-likeness (QED) is 0.663. The molecular formula is C20H32O2. The molecule has 0 saturated heterocycles. The maximum atomic E-state index is 12.0. The molecule has 0 heterocycles. The van der Waals surface area contributed by atoms with Crippen molar-refractivity contribution in [3.63, 3.8) is 0 Å². The second-order valence-corrected chi connectivity index (χ2v) is 9.78. The lowest BCUT2D eigenvalue weighted by Crippen LogP contribution is -2.69. The van der Waals surface area contributed by atoms with E-state index >= 15 is 0 Å². The molecule has 6 atom stereocenters. The number of hydrogen-bond donors (Lipinski definition) is 2. The molecule has 0 radical (unpaired) electrons. The molecule has 1 spiro atoms. The lowest BCUT2D eigenvalue weighted by Gasteiger charge is -2.68. The Balaban J connectivity index is 1.85. The molecule has 124 valence electrons. The summed E-state index contributed by atoms with van der Waals surface area (Å²) in [6, 6.07) is 0. The van der Waals surface area contributed by atoms with Crippen molar-refractivity contribution in [3.05, 3.63) is 12.2 Å². The number of aliphatic hydroxyl groups excluding tert-OH is 1. The van der Waals surface area contributed by atoms with Crippen molar-refractivity contribution in [1.29, 1.82) is 0 Å². The van der Waals surface area contributed by atoms with Crippen molar-refractivity contribution in [2.24, 2.45) is 28.1 Å². The Labute approximate surface area is 135 Å². The summed E-state index contributed by atoms with van der Waals surface area (Å²) in [5.41, 5.74) is 0.237. The first kappa shape index (κ1) is 15.2. The van der Waals surface area contributed by atoms with Gasteiger partial charge in [0.2, 0.25) is 0 Å². The Bertz CT molecular complexity index is 524. The summed E-state index contributed by atoms with van der Waals surface area (Å²) in [7, 11) is 0. The van der Waals surface area contributed by atoms with E-state index in [9.17, 15) is 10.2 Å². The van der Waals surface area contributed by atoms with Crippen LogP contribution in [0.4, 0.5) is 0 Å². The fraction of sp³-hybridized carbons (Fsp3) is 0.900. The van der Waals surface area contributed by atoms with Gasteiger partial charge in [-0.1, -0.05) is 33.8 Å². The Morgan fingerprint density at radius 3 is 2.50 bits per heavy atom. The highest BCUT2D eigenvalue weighted by Gasteiger charge is 2.73. The highest BCUT2D eigenvalue weighted by atomic mass is 16.3. The molecule has 0 aromatic heterocycles. The van der Waals surface area contributed by atoms with Crippen LogP contribution >= 0.6 is 0 Å². The molecule has 2 bridgehead atoms. The average molecular weight is 304 g/mol. The van der Waals surface area contributed by atoms with Gasteiger partial charge in [0.25, 0.3) is 0 Å². The summed E-state index contributed by atoms with van der Waals surface area (Å²) in [6.07, 6.45) is 8.07. The number of fused-ring (bicyclic) bond motifs is 3. The third kappa shape index (κ3) is 1.45. The standard InChI is InChI=1S/C20H32O2/c1-13-14-6-11-20(22)18(4)9-5-8-17(2,3)15(18)7-10-19(20,12-14)16(13)21/h14-16,21-22H,1,5-12H2,2-4H3. The van der Waals surface area contributed by atoms with Gasteiger partial charge in [0.05, 0.1) is 11.7 Å². The predicted molar refractivity (Wildman–Crippen MR) is 88.3 cm³/mol. The first-order valence-corrected chi connectivity index (χ1v) is 9.27. The van der Waals surface area contributed by atoms with Crippen molar-refractivity contribution in [2.45, 2.75) is 83.8 Å². The second-order valence-electron chi connectivity index (χ2n) is 9.78. The van der Waals surface area contributed by atoms with Gasteiger partial charge in [-0.05, 0) is 67.8 Å². The predicted octanol–water partition coefficient (Wildman–Crippen LogP) is 4.06. The smallest absolute Gasteiger partial charge is 0.0834 e. The Morgan fingerprint density at radius 1 is 1.05 bits per heavy atom. The third-order valence-corrected chi connectivity index (χ3v) is 8.74. The van der Waals surface area contributed by atoms with Gasteiger partial charge in [0.1, 0.15) is 0 Å². The zero-order valence-corrected chi connectivity index (χ0v) is 14.5. The maximum absolute atomic E-state index is 12.0. The van der Waals surface area contributed by atoms with Crippen LogP contribution in [-0.4, -0.2) is 21.9 Å². The fourth-order valence-corrected chi connectivity index (χ4v) is 7.60. The van der Waals surface area contributed by atoms with Gasteiger partial charge in [-0.15, -0.1) is 0 Å². The van der Waals surface area contributed by atoms with Gasteiger partial charge < -0.3 is 10.2 Å². The lowest BCUT2D eigenvalue weighted by atomic mass is 9.39. The Kier molecular flexibility index (Phi) is 2.89. The van der Waals surface area contributed by atoms with Gasteiger partial charge in [-0.3, -0.25) is 0 Å². The SMILES string of the molecule is C=C1C2CCC3(O)C4(C)CCCC(C)(C)C4CCC3(C2)C1O. The van der Waals surface area contributed by atoms with E-state index in [2.05, 4.69) is 27.4 Å². The van der Waals surface area contributed by atoms with Gasteiger partial charge in [-0.2, -0.15) is 0 Å². The number of aliphatic hydroxyl groups is 2. The maximum Gasteiger partial charge on any atom is 0.0834 e. The first-order valence-electron chi connectivity index (χ1n) is 9.27. The van der Waals surface area contributed by atoms with Crippen LogP contribution in [0.15, 0.2) is 12.2 Å². The summed E-state index contributed by atoms with van der Waals surface area (Å²) < 4.78 is 0. The normalized spacial score (nSPS) is 56.4. The second kappa shape index (κ2) is 4.19. The molecule has 0 amide bonds. The average Bonchev–Trinajstić information content (AvgIpc) is 2.64. The molecular weight excluding hydrogens is 272 g/mol. The molecule has 4 rings (SSSR count). The van der Waals surface area contributed by atoms with Gasteiger partial charge in [0, 0.05) is 10.8 Å². The molecule has 2 heteroatoms. The molecule has 4 saturated carbocycles. The van der Waals surface area contributed by atoms with Crippen LogP contribution in [0.3, 0.4) is 0 Å². The highest BCUT2D eigenvalue weighted by molar-refractivity contribution is 5.32. The van der Waals surface area contributed by atoms with Gasteiger partial charge in [-0.25, -0.2) is 0 Å². The molecule has 4 fully saturated rings. The van der Waals surface area contributed by atoms with Gasteiger partial charge in [0.15, 0.2) is 0 Å². The van der Waals surface area contributed by atoms with Crippen LogP contribution in [-0.2, 0) is 0 Å². The largest absolute Gasteiger partial charge is 0.389 e. The summed E-state index contributed by atoms with van der Waals surface area (Å²) in [4.78, 5) is 0. The molecule has 2 nitrogen and oxygen atoms in total. The molecule has 0 aromatic carbocycles. The first-order chi connectivity index (χ1) is 10.2. The van der Waals surface area contributed by atoms with Crippen LogP contribution in [0.5, 0.6) is 0 Å². The number of hydrogen-bond acceptors (Lipinski definition) is 2. The fourth-order valence-electron chi connectivity index (χ4n) is 7.60. The highest BCUT2D eigenvalue weighted by Crippen LogP contribution is 2.73. The minimum atomic E-state index is -0.712. The zero-order chi connectivity index (χ0) is 16.0. The third-order valence-electron chi connectivity index (χ3n) is 8.74. The van der Waals surface area contributed by atoms with E-state index in [1.54, 1.807) is 0 Å². The number of rotatable bonds is 0. The van der Waals surface area contributed by atoms with E-state index in [1.165, 1.54) is 12.8 Å². The van der Waals surface area contributed by atoms with E-state index in [-0.39, 0.29) is 10.8 Å². The summed E-state index contributed by atoms with van der Waals surface area (Å²) >= 11 is 0. The van der Waals surface area contributed by atoms with Crippen molar-refractivity contribution in [2.75, 3.05) is 0 Å². The molecule has 2 N–H and O–H groups in total. The van der Waals surface area contributed by atoms with E-state index in [0.29, 0.717) is 17.3 Å². The topological polar surface area (TPSA) is 40.5 Å². The minimum absolute atomic E-state index is 0.0520. The van der Waals surface area contributed by atoms with E-state index in [0.717, 1.165) is 44.1 Å². The molecule has 0 aromatic rings. The molecule has 22 heavy (non-hydrogen) atoms. The summed E-state index contributed by atoms with van der Waals surface area (Å²) in [6.45, 7) is 11.3. The van der Waals surface area contributed by atoms with Crippen molar-refractivity contribution in [1.82, 2.24) is 0 Å². The summed E-state index contributed by atoms with van der Waals surface area (Å²) in [5.74, 6) is 1.01. The van der Waals surface area contributed by atoms with Crippen LogP contribution in [0.2, 0.25) is 0 Å². The Morgan fingerprint density at radius 2 is 1.77 bits per heavy atom. The van der Waals surface area contributed by atoms with Crippen molar-refractivity contribution >= 4 is 0 Å². The monoisotopic (exact) mass is 304 g/mol. The lowest BCUT2D eigenvalue weighted by molar-refractivity contribution is -0.276. The van der Waals surface area contributed by atoms with Crippen LogP contribution in [0, 0.1) is 28.1 Å². The molecule has 4 aliphatic carbocycles. The van der Waals surface area contributed by atoms with Crippen molar-refractivity contribution in [3.8, 4) is 0 Å². The Hall–Kier alpha value is -0.340. The van der Waals surface area contributed by atoms with E-state index < -0.39 is 11.7 Å². The molecule has 6 unspecified atom stereocenters. The zero-order valence-electron chi connectivity index (χ0n) is 14.5. The van der Waals surface area contributed by atoms with E-state index in [1.807, 2.05) is 0 Å². The molecule has 0 aliphatic heterocycles.